The van der Waals surface area contributed by atoms with E-state index in [9.17, 15) is 19.2 Å². The molecule has 1 atom stereocenters. The van der Waals surface area contributed by atoms with E-state index in [2.05, 4.69) is 4.98 Å². The zero-order valence-corrected chi connectivity index (χ0v) is 12.4. The molecule has 2 aliphatic rings. The first-order chi connectivity index (χ1) is 10.5. The number of nitrogens with one attached hydrogen (secondary N) is 1. The molecule has 0 unspecified atom stereocenters. The Morgan fingerprint density at radius 1 is 1.36 bits per heavy atom. The predicted octanol–water partition coefficient (Wildman–Crippen LogP) is -1.32. The van der Waals surface area contributed by atoms with E-state index in [-0.39, 0.29) is 30.9 Å². The Balaban J connectivity index is 1.75. The quantitative estimate of drug-likeness (QED) is 0.733. The Hall–Kier alpha value is -2.38. The van der Waals surface area contributed by atoms with E-state index in [1.807, 2.05) is 4.90 Å². The van der Waals surface area contributed by atoms with Gasteiger partial charge in [0.25, 0.3) is 5.56 Å². The monoisotopic (exact) mass is 306 g/mol. The van der Waals surface area contributed by atoms with Gasteiger partial charge in [-0.1, -0.05) is 0 Å². The Bertz CT molecular complexity index is 735. The van der Waals surface area contributed by atoms with Crippen molar-refractivity contribution in [2.75, 3.05) is 19.6 Å². The minimum absolute atomic E-state index is 0.0351. The van der Waals surface area contributed by atoms with Gasteiger partial charge in [0, 0.05) is 30.9 Å². The molecule has 2 saturated heterocycles. The number of aromatic nitrogens is 2. The summed E-state index contributed by atoms with van der Waals surface area (Å²) in [6, 6.07) is 0.0965. The lowest BCUT2D eigenvalue weighted by Gasteiger charge is -2.37. The summed E-state index contributed by atoms with van der Waals surface area (Å²) in [6.45, 7) is 2.74. The molecule has 0 bridgehead atoms. The van der Waals surface area contributed by atoms with Gasteiger partial charge in [0.05, 0.1) is 6.54 Å². The lowest BCUT2D eigenvalue weighted by Crippen LogP contribution is -2.56. The van der Waals surface area contributed by atoms with Crippen LogP contribution in [0.2, 0.25) is 0 Å². The number of hydrogen-bond acceptors (Lipinski definition) is 4. The van der Waals surface area contributed by atoms with Crippen molar-refractivity contribution in [3.63, 3.8) is 0 Å². The van der Waals surface area contributed by atoms with Gasteiger partial charge in [-0.25, -0.2) is 4.79 Å². The van der Waals surface area contributed by atoms with Gasteiger partial charge in [-0.2, -0.15) is 0 Å². The molecule has 2 fully saturated rings. The number of amides is 2. The molecular formula is C14H18N4O4. The summed E-state index contributed by atoms with van der Waals surface area (Å²) in [5, 5.41) is 0. The number of nitrogens with zero attached hydrogens (tertiary/aromatic N) is 3. The van der Waals surface area contributed by atoms with Gasteiger partial charge >= 0.3 is 5.69 Å². The molecule has 3 rings (SSSR count). The Morgan fingerprint density at radius 2 is 2.14 bits per heavy atom. The molecule has 1 aromatic rings. The maximum absolute atomic E-state index is 12.4. The van der Waals surface area contributed by atoms with Crippen LogP contribution in [0.1, 0.15) is 18.4 Å². The number of rotatable bonds is 2. The van der Waals surface area contributed by atoms with Gasteiger partial charge in [0.15, 0.2) is 0 Å². The van der Waals surface area contributed by atoms with Crippen molar-refractivity contribution >= 4 is 11.8 Å². The summed E-state index contributed by atoms with van der Waals surface area (Å²) in [5.74, 6) is -0.319. The SMILES string of the molecule is Cc1cn(CC(=O)N2CC(=O)N3CCC[C@H]3C2)c(=O)[nH]c1=O. The highest BCUT2D eigenvalue weighted by atomic mass is 16.2. The van der Waals surface area contributed by atoms with Crippen molar-refractivity contribution < 1.29 is 9.59 Å². The fraction of sp³-hybridized carbons (Fsp3) is 0.571. The predicted molar refractivity (Wildman–Crippen MR) is 77.4 cm³/mol. The second-order valence-corrected chi connectivity index (χ2v) is 5.86. The number of fused-ring (bicyclic) bond motifs is 1. The first kappa shape index (κ1) is 14.6. The smallest absolute Gasteiger partial charge is 0.328 e. The molecule has 2 aliphatic heterocycles. The summed E-state index contributed by atoms with van der Waals surface area (Å²) in [4.78, 5) is 52.9. The number of aryl methyl sites for hydroxylation is 1. The zero-order valence-electron chi connectivity index (χ0n) is 12.4. The minimum Gasteiger partial charge on any atom is -0.336 e. The topological polar surface area (TPSA) is 95.5 Å². The number of hydrogen-bond donors (Lipinski definition) is 1. The van der Waals surface area contributed by atoms with Crippen molar-refractivity contribution in [3.05, 3.63) is 32.6 Å². The minimum atomic E-state index is -0.616. The van der Waals surface area contributed by atoms with E-state index in [0.29, 0.717) is 12.1 Å². The van der Waals surface area contributed by atoms with Gasteiger partial charge in [-0.05, 0) is 19.8 Å². The Kier molecular flexibility index (Phi) is 3.59. The average molecular weight is 306 g/mol. The fourth-order valence-corrected chi connectivity index (χ4v) is 3.10. The van der Waals surface area contributed by atoms with Crippen molar-refractivity contribution in [2.24, 2.45) is 0 Å². The van der Waals surface area contributed by atoms with E-state index in [4.69, 9.17) is 0 Å². The number of aromatic amines is 1. The van der Waals surface area contributed by atoms with Crippen LogP contribution in [-0.2, 0) is 16.1 Å². The molecule has 118 valence electrons. The van der Waals surface area contributed by atoms with Gasteiger partial charge in [0.2, 0.25) is 11.8 Å². The van der Waals surface area contributed by atoms with Gasteiger partial charge in [-0.15, -0.1) is 0 Å². The van der Waals surface area contributed by atoms with Gasteiger partial charge in [-0.3, -0.25) is 23.9 Å². The summed E-state index contributed by atoms with van der Waals surface area (Å²) in [7, 11) is 0. The Morgan fingerprint density at radius 3 is 2.91 bits per heavy atom. The lowest BCUT2D eigenvalue weighted by molar-refractivity contribution is -0.147. The molecule has 0 saturated carbocycles. The van der Waals surface area contributed by atoms with Gasteiger partial charge < -0.3 is 9.80 Å². The summed E-state index contributed by atoms with van der Waals surface area (Å²) in [5.41, 5.74) is -0.706. The molecule has 8 nitrogen and oxygen atoms in total. The van der Waals surface area contributed by atoms with Crippen LogP contribution in [0.25, 0.3) is 0 Å². The van der Waals surface area contributed by atoms with Gasteiger partial charge in [0.1, 0.15) is 6.54 Å². The average Bonchev–Trinajstić information content (AvgIpc) is 2.93. The van der Waals surface area contributed by atoms with Crippen LogP contribution < -0.4 is 11.2 Å². The molecule has 0 radical (unpaired) electrons. The number of piperazine rings is 1. The first-order valence-corrected chi connectivity index (χ1v) is 7.33. The molecule has 0 spiro atoms. The lowest BCUT2D eigenvalue weighted by atomic mass is 10.1. The normalized spacial score (nSPS) is 21.1. The molecule has 3 heterocycles. The first-order valence-electron chi connectivity index (χ1n) is 7.33. The summed E-state index contributed by atoms with van der Waals surface area (Å²) < 4.78 is 1.17. The molecule has 2 amide bonds. The van der Waals surface area contributed by atoms with Crippen LogP contribution >= 0.6 is 0 Å². The summed E-state index contributed by atoms with van der Waals surface area (Å²) >= 11 is 0. The molecular weight excluding hydrogens is 288 g/mol. The highest BCUT2D eigenvalue weighted by molar-refractivity contribution is 5.86. The molecule has 22 heavy (non-hydrogen) atoms. The molecule has 1 N–H and O–H groups in total. The van der Waals surface area contributed by atoms with Crippen molar-refractivity contribution in [1.29, 1.82) is 0 Å². The molecule has 8 heteroatoms. The van der Waals surface area contributed by atoms with E-state index in [1.54, 1.807) is 6.92 Å². The standard InChI is InChI=1S/C14H18N4O4/c1-9-5-17(14(22)15-13(9)21)7-11(19)16-6-10-3-2-4-18(10)12(20)8-16/h5,10H,2-4,6-8H2,1H3,(H,15,21,22)/t10-/m0/s1. The largest absolute Gasteiger partial charge is 0.336 e. The third-order valence-corrected chi connectivity index (χ3v) is 4.30. The number of carbonyl (C=O) groups is 2. The van der Waals surface area contributed by atoms with Crippen LogP contribution in [-0.4, -0.2) is 56.8 Å². The van der Waals surface area contributed by atoms with E-state index < -0.39 is 11.2 Å². The van der Waals surface area contributed by atoms with Crippen LogP contribution in [0.4, 0.5) is 0 Å². The van der Waals surface area contributed by atoms with Crippen LogP contribution in [0, 0.1) is 6.92 Å². The zero-order chi connectivity index (χ0) is 15.9. The fourth-order valence-electron chi connectivity index (χ4n) is 3.10. The number of H-pyrrole nitrogens is 1. The maximum Gasteiger partial charge on any atom is 0.328 e. The second-order valence-electron chi connectivity index (χ2n) is 5.86. The van der Waals surface area contributed by atoms with E-state index in [1.165, 1.54) is 15.7 Å². The van der Waals surface area contributed by atoms with Crippen LogP contribution in [0.15, 0.2) is 15.8 Å². The van der Waals surface area contributed by atoms with Crippen LogP contribution in [0.5, 0.6) is 0 Å². The van der Waals surface area contributed by atoms with Crippen molar-refractivity contribution in [3.8, 4) is 0 Å². The third kappa shape index (κ3) is 2.56. The van der Waals surface area contributed by atoms with Crippen LogP contribution in [0.3, 0.4) is 0 Å². The second kappa shape index (κ2) is 5.43. The Labute approximate surface area is 126 Å². The highest BCUT2D eigenvalue weighted by Crippen LogP contribution is 2.22. The van der Waals surface area contributed by atoms with Crippen molar-refractivity contribution in [1.82, 2.24) is 19.4 Å². The summed E-state index contributed by atoms with van der Waals surface area (Å²) in [6.07, 6.45) is 3.25. The number of carbonyl (C=O) groups excluding carboxylic acids is 2. The molecule has 0 aliphatic carbocycles. The maximum atomic E-state index is 12.4. The third-order valence-electron chi connectivity index (χ3n) is 4.30. The van der Waals surface area contributed by atoms with Crippen molar-refractivity contribution in [2.45, 2.75) is 32.4 Å². The molecule has 0 aromatic carbocycles. The van der Waals surface area contributed by atoms with E-state index >= 15 is 0 Å². The van der Waals surface area contributed by atoms with E-state index in [0.717, 1.165) is 19.4 Å². The molecule has 1 aromatic heterocycles. The highest BCUT2D eigenvalue weighted by Gasteiger charge is 2.37.